The predicted octanol–water partition coefficient (Wildman–Crippen LogP) is 2.85. The summed E-state index contributed by atoms with van der Waals surface area (Å²) in [5, 5.41) is 7.11. The Morgan fingerprint density at radius 2 is 1.59 bits per heavy atom. The molecule has 0 heterocycles. The molecule has 27 heavy (non-hydrogen) atoms. The minimum absolute atomic E-state index is 0.00640. The molecule has 0 spiro atoms. The van der Waals surface area contributed by atoms with Gasteiger partial charge < -0.3 is 16.0 Å². The standard InChI is InChI=1S/C18H17F4N3O2/c19-13-7-5-12(6-8-13)9-24-16(26)10-23-15-4-2-1-3-14(15)17(27)25-11-18(20,21)22/h1-8,23H,9-11H2,(H,24,26)(H,25,27). The van der Waals surface area contributed by atoms with Crippen LogP contribution in [0.5, 0.6) is 0 Å². The normalized spacial score (nSPS) is 11.0. The first-order valence-corrected chi connectivity index (χ1v) is 7.93. The number of hydrogen-bond acceptors (Lipinski definition) is 3. The lowest BCUT2D eigenvalue weighted by Crippen LogP contribution is -2.34. The molecule has 5 nitrogen and oxygen atoms in total. The van der Waals surface area contributed by atoms with Crippen molar-refractivity contribution in [2.75, 3.05) is 18.4 Å². The summed E-state index contributed by atoms with van der Waals surface area (Å²) in [7, 11) is 0. The number of carbonyl (C=O) groups is 2. The van der Waals surface area contributed by atoms with Crippen molar-refractivity contribution in [2.24, 2.45) is 0 Å². The topological polar surface area (TPSA) is 70.2 Å². The fraction of sp³-hybridized carbons (Fsp3) is 0.222. The van der Waals surface area contributed by atoms with Crippen LogP contribution in [0.2, 0.25) is 0 Å². The highest BCUT2D eigenvalue weighted by Gasteiger charge is 2.28. The SMILES string of the molecule is O=C(CNc1ccccc1C(=O)NCC(F)(F)F)NCc1ccc(F)cc1. The fourth-order valence-corrected chi connectivity index (χ4v) is 2.15. The zero-order chi connectivity index (χ0) is 19.9. The Bertz CT molecular complexity index is 792. The molecular weight excluding hydrogens is 366 g/mol. The van der Waals surface area contributed by atoms with Crippen LogP contribution in [0.4, 0.5) is 23.2 Å². The highest BCUT2D eigenvalue weighted by molar-refractivity contribution is 6.00. The molecule has 2 aromatic rings. The van der Waals surface area contributed by atoms with Crippen LogP contribution in [0.15, 0.2) is 48.5 Å². The summed E-state index contributed by atoms with van der Waals surface area (Å²) in [6.45, 7) is -1.45. The van der Waals surface area contributed by atoms with E-state index >= 15 is 0 Å². The van der Waals surface area contributed by atoms with Crippen LogP contribution in [0.1, 0.15) is 15.9 Å². The van der Waals surface area contributed by atoms with Gasteiger partial charge in [0.05, 0.1) is 12.1 Å². The van der Waals surface area contributed by atoms with Crippen LogP contribution in [0, 0.1) is 5.82 Å². The molecule has 0 aromatic heterocycles. The van der Waals surface area contributed by atoms with Crippen molar-refractivity contribution in [3.05, 3.63) is 65.5 Å². The molecule has 0 aliphatic carbocycles. The Kier molecular flexibility index (Phi) is 6.75. The van der Waals surface area contributed by atoms with Gasteiger partial charge in [0.2, 0.25) is 5.91 Å². The Labute approximate surface area is 152 Å². The molecule has 3 N–H and O–H groups in total. The number of nitrogens with one attached hydrogen (secondary N) is 3. The van der Waals surface area contributed by atoms with Crippen LogP contribution >= 0.6 is 0 Å². The molecule has 0 unspecified atom stereocenters. The van der Waals surface area contributed by atoms with E-state index in [0.717, 1.165) is 0 Å². The second kappa shape index (κ2) is 9.02. The van der Waals surface area contributed by atoms with Crippen molar-refractivity contribution in [2.45, 2.75) is 12.7 Å². The largest absolute Gasteiger partial charge is 0.405 e. The number of anilines is 1. The van der Waals surface area contributed by atoms with Gasteiger partial charge in [0.25, 0.3) is 5.91 Å². The highest BCUT2D eigenvalue weighted by Crippen LogP contribution is 2.16. The molecule has 0 saturated carbocycles. The van der Waals surface area contributed by atoms with Gasteiger partial charge in [0, 0.05) is 12.2 Å². The summed E-state index contributed by atoms with van der Waals surface area (Å²) in [6.07, 6.45) is -4.52. The molecule has 144 valence electrons. The quantitative estimate of drug-likeness (QED) is 0.644. The van der Waals surface area contributed by atoms with Gasteiger partial charge >= 0.3 is 6.18 Å². The Hall–Kier alpha value is -3.10. The first-order valence-electron chi connectivity index (χ1n) is 7.93. The van der Waals surface area contributed by atoms with Gasteiger partial charge in [-0.05, 0) is 29.8 Å². The third-order valence-electron chi connectivity index (χ3n) is 3.46. The van der Waals surface area contributed by atoms with Gasteiger partial charge in [0.15, 0.2) is 0 Å². The third kappa shape index (κ3) is 6.96. The lowest BCUT2D eigenvalue weighted by Gasteiger charge is -2.13. The van der Waals surface area contributed by atoms with Gasteiger partial charge in [-0.2, -0.15) is 13.2 Å². The van der Waals surface area contributed by atoms with E-state index in [2.05, 4.69) is 10.6 Å². The second-order valence-corrected chi connectivity index (χ2v) is 5.60. The average Bonchev–Trinajstić information content (AvgIpc) is 2.63. The van der Waals surface area contributed by atoms with Crippen molar-refractivity contribution in [3.8, 4) is 0 Å². The number of halogens is 4. The summed E-state index contributed by atoms with van der Waals surface area (Å²) in [5.74, 6) is -1.68. The minimum Gasteiger partial charge on any atom is -0.376 e. The monoisotopic (exact) mass is 383 g/mol. The maximum absolute atomic E-state index is 12.8. The predicted molar refractivity (Wildman–Crippen MR) is 91.6 cm³/mol. The molecule has 2 rings (SSSR count). The van der Waals surface area contributed by atoms with Crippen molar-refractivity contribution >= 4 is 17.5 Å². The molecule has 0 aliphatic heterocycles. The third-order valence-corrected chi connectivity index (χ3v) is 3.46. The number of para-hydroxylation sites is 1. The Balaban J connectivity index is 1.88. The van der Waals surface area contributed by atoms with Crippen LogP contribution in [0.3, 0.4) is 0 Å². The molecule has 0 fully saturated rings. The van der Waals surface area contributed by atoms with Crippen molar-refractivity contribution < 1.29 is 27.2 Å². The molecule has 2 amide bonds. The number of rotatable bonds is 7. The number of alkyl halides is 3. The van der Waals surface area contributed by atoms with Crippen LogP contribution < -0.4 is 16.0 Å². The smallest absolute Gasteiger partial charge is 0.376 e. The molecule has 0 saturated heterocycles. The maximum atomic E-state index is 12.8. The van der Waals surface area contributed by atoms with E-state index in [-0.39, 0.29) is 30.2 Å². The van der Waals surface area contributed by atoms with Crippen LogP contribution in [-0.2, 0) is 11.3 Å². The number of hydrogen-bond donors (Lipinski definition) is 3. The second-order valence-electron chi connectivity index (χ2n) is 5.60. The molecular formula is C18H17F4N3O2. The summed E-state index contributed by atoms with van der Waals surface area (Å²) >= 11 is 0. The number of benzene rings is 2. The first kappa shape index (κ1) is 20.2. The van der Waals surface area contributed by atoms with Crippen LogP contribution in [-0.4, -0.2) is 31.1 Å². The first-order chi connectivity index (χ1) is 12.7. The van der Waals surface area contributed by atoms with Crippen molar-refractivity contribution in [1.82, 2.24) is 10.6 Å². The molecule has 9 heteroatoms. The van der Waals surface area contributed by atoms with Crippen LogP contribution in [0.25, 0.3) is 0 Å². The molecule has 0 atom stereocenters. The van der Waals surface area contributed by atoms with E-state index in [1.807, 2.05) is 0 Å². The molecule has 2 aromatic carbocycles. The van der Waals surface area contributed by atoms with Crippen molar-refractivity contribution in [1.29, 1.82) is 0 Å². The van der Waals surface area contributed by atoms with Gasteiger partial charge in [-0.1, -0.05) is 24.3 Å². The lowest BCUT2D eigenvalue weighted by atomic mass is 10.1. The van der Waals surface area contributed by atoms with Gasteiger partial charge in [-0.25, -0.2) is 4.39 Å². The zero-order valence-electron chi connectivity index (χ0n) is 14.1. The van der Waals surface area contributed by atoms with E-state index in [1.54, 1.807) is 11.4 Å². The molecule has 0 radical (unpaired) electrons. The van der Waals surface area contributed by atoms with E-state index < -0.39 is 24.5 Å². The number of carbonyl (C=O) groups excluding carboxylic acids is 2. The van der Waals surface area contributed by atoms with E-state index in [1.165, 1.54) is 42.5 Å². The summed E-state index contributed by atoms with van der Waals surface area (Å²) < 4.78 is 49.5. The van der Waals surface area contributed by atoms with Gasteiger partial charge in [-0.3, -0.25) is 9.59 Å². The maximum Gasteiger partial charge on any atom is 0.405 e. The fourth-order valence-electron chi connectivity index (χ4n) is 2.15. The van der Waals surface area contributed by atoms with Gasteiger partial charge in [-0.15, -0.1) is 0 Å². The molecule has 0 aliphatic rings. The highest BCUT2D eigenvalue weighted by atomic mass is 19.4. The number of amides is 2. The lowest BCUT2D eigenvalue weighted by molar-refractivity contribution is -0.123. The van der Waals surface area contributed by atoms with Gasteiger partial charge in [0.1, 0.15) is 12.4 Å². The van der Waals surface area contributed by atoms with E-state index in [4.69, 9.17) is 0 Å². The van der Waals surface area contributed by atoms with Crippen molar-refractivity contribution in [3.63, 3.8) is 0 Å². The Morgan fingerprint density at radius 3 is 2.26 bits per heavy atom. The van der Waals surface area contributed by atoms with E-state index in [9.17, 15) is 27.2 Å². The van der Waals surface area contributed by atoms with E-state index in [0.29, 0.717) is 5.56 Å². The summed E-state index contributed by atoms with van der Waals surface area (Å²) in [6, 6.07) is 11.5. The molecule has 0 bridgehead atoms. The zero-order valence-corrected chi connectivity index (χ0v) is 14.1. The average molecular weight is 383 g/mol. The Morgan fingerprint density at radius 1 is 0.926 bits per heavy atom. The summed E-state index contributed by atoms with van der Waals surface area (Å²) in [4.78, 5) is 23.8. The minimum atomic E-state index is -4.52. The summed E-state index contributed by atoms with van der Waals surface area (Å²) in [5.41, 5.74) is 0.930.